The Balaban J connectivity index is 1.88. The number of unbranched alkanes of at least 4 members (excludes halogenated alkanes) is 6. The molecule has 0 unspecified atom stereocenters. The molecule has 0 aliphatic rings. The van der Waals surface area contributed by atoms with Gasteiger partial charge in [-0.15, -0.1) is 0 Å². The van der Waals surface area contributed by atoms with Crippen LogP contribution in [0.4, 0.5) is 0 Å². The van der Waals surface area contributed by atoms with Crippen LogP contribution in [0.2, 0.25) is 0 Å². The van der Waals surface area contributed by atoms with Gasteiger partial charge in [-0.2, -0.15) is 5.10 Å². The van der Waals surface area contributed by atoms with Crippen molar-refractivity contribution in [3.8, 4) is 0 Å². The van der Waals surface area contributed by atoms with E-state index < -0.39 is 0 Å². The second-order valence-corrected chi connectivity index (χ2v) is 6.12. The number of alkyl halides is 1. The van der Waals surface area contributed by atoms with Gasteiger partial charge in [0, 0.05) is 18.1 Å². The van der Waals surface area contributed by atoms with Gasteiger partial charge in [-0.3, -0.25) is 4.68 Å². The average Bonchev–Trinajstić information content (AvgIpc) is 2.68. The molecule has 0 aliphatic carbocycles. The van der Waals surface area contributed by atoms with Crippen molar-refractivity contribution in [1.82, 2.24) is 9.78 Å². The van der Waals surface area contributed by atoms with Crippen molar-refractivity contribution in [2.45, 2.75) is 51.5 Å². The monoisotopic (exact) mass is 398 g/mol. The molecule has 1 rings (SSSR count). The van der Waals surface area contributed by atoms with Crippen LogP contribution in [0.3, 0.4) is 0 Å². The van der Waals surface area contributed by atoms with Crippen LogP contribution in [-0.4, -0.2) is 15.1 Å². The molecule has 16 heavy (non-hydrogen) atoms. The molecule has 0 amide bonds. The fourth-order valence-electron chi connectivity index (χ4n) is 1.71. The van der Waals surface area contributed by atoms with Gasteiger partial charge in [-0.05, 0) is 35.4 Å². The van der Waals surface area contributed by atoms with E-state index in [1.54, 1.807) is 0 Å². The molecule has 0 atom stereocenters. The molecule has 0 aromatic carbocycles. The van der Waals surface area contributed by atoms with Crippen molar-refractivity contribution in [3.63, 3.8) is 0 Å². The highest BCUT2D eigenvalue weighted by atomic mass is 127. The second kappa shape index (κ2) is 9.45. The molecule has 0 fully saturated rings. The molecule has 0 bridgehead atoms. The van der Waals surface area contributed by atoms with Crippen LogP contribution in [0.5, 0.6) is 0 Å². The zero-order valence-corrected chi connectivity index (χ0v) is 13.4. The van der Waals surface area contributed by atoms with E-state index in [1.807, 2.05) is 10.9 Å². The largest absolute Gasteiger partial charge is 0.272 e. The van der Waals surface area contributed by atoms with E-state index >= 15 is 0 Å². The highest BCUT2D eigenvalue weighted by molar-refractivity contribution is 14.1. The maximum atomic E-state index is 4.28. The topological polar surface area (TPSA) is 17.8 Å². The Morgan fingerprint density at radius 2 is 1.69 bits per heavy atom. The predicted molar refractivity (Wildman–Crippen MR) is 81.1 cm³/mol. The summed E-state index contributed by atoms with van der Waals surface area (Å²) in [4.78, 5) is 0. The predicted octanol–water partition coefficient (Wildman–Crippen LogP) is 4.61. The summed E-state index contributed by atoms with van der Waals surface area (Å²) in [5.74, 6) is 0. The Kier molecular flexibility index (Phi) is 8.55. The van der Waals surface area contributed by atoms with Crippen LogP contribution >= 0.6 is 38.5 Å². The van der Waals surface area contributed by atoms with Gasteiger partial charge in [0.25, 0.3) is 0 Å². The fourth-order valence-corrected chi connectivity index (χ4v) is 2.56. The summed E-state index contributed by atoms with van der Waals surface area (Å²) in [7, 11) is 0. The minimum Gasteiger partial charge on any atom is -0.272 e. The van der Waals surface area contributed by atoms with Crippen molar-refractivity contribution < 1.29 is 0 Å². The molecular weight excluding hydrogens is 379 g/mol. The summed E-state index contributed by atoms with van der Waals surface area (Å²) in [5.41, 5.74) is 0. The van der Waals surface area contributed by atoms with Crippen LogP contribution in [0.15, 0.2) is 12.4 Å². The van der Waals surface area contributed by atoms with E-state index in [-0.39, 0.29) is 0 Å². The first-order chi connectivity index (χ1) is 7.83. The molecule has 1 aromatic rings. The third-order valence-electron chi connectivity index (χ3n) is 2.62. The Hall–Kier alpha value is 0.420. The minimum atomic E-state index is 1.07. The Bertz CT molecular complexity index is 276. The summed E-state index contributed by atoms with van der Waals surface area (Å²) >= 11 is 5.76. The Morgan fingerprint density at radius 1 is 1.06 bits per heavy atom. The molecule has 0 aliphatic heterocycles. The molecule has 0 saturated heterocycles. The van der Waals surface area contributed by atoms with Crippen molar-refractivity contribution in [3.05, 3.63) is 16.0 Å². The lowest BCUT2D eigenvalue weighted by Gasteiger charge is -2.02. The Morgan fingerprint density at radius 3 is 2.25 bits per heavy atom. The molecule has 2 nitrogen and oxygen atoms in total. The lowest BCUT2D eigenvalue weighted by Crippen LogP contribution is -1.97. The first kappa shape index (κ1) is 14.5. The fraction of sp³-hybridized carbons (Fsp3) is 0.750. The van der Waals surface area contributed by atoms with Gasteiger partial charge in [-0.25, -0.2) is 0 Å². The van der Waals surface area contributed by atoms with E-state index in [4.69, 9.17) is 0 Å². The number of halogens is 2. The molecule has 0 saturated carbocycles. The summed E-state index contributed by atoms with van der Waals surface area (Å²) in [5, 5.41) is 5.44. The first-order valence-corrected chi connectivity index (χ1v) is 8.27. The molecule has 0 spiro atoms. The van der Waals surface area contributed by atoms with Crippen LogP contribution in [0, 0.1) is 3.57 Å². The number of hydrogen-bond acceptors (Lipinski definition) is 1. The van der Waals surface area contributed by atoms with E-state index in [2.05, 4.69) is 49.8 Å². The maximum absolute atomic E-state index is 4.28. The van der Waals surface area contributed by atoms with Gasteiger partial charge in [-0.1, -0.05) is 48.0 Å². The van der Waals surface area contributed by atoms with Crippen LogP contribution in [0.1, 0.15) is 44.9 Å². The van der Waals surface area contributed by atoms with E-state index in [0.29, 0.717) is 0 Å². The van der Waals surface area contributed by atoms with Gasteiger partial charge < -0.3 is 0 Å². The number of aromatic nitrogens is 2. The third-order valence-corrected chi connectivity index (χ3v) is 3.74. The van der Waals surface area contributed by atoms with Crippen molar-refractivity contribution in [2.75, 3.05) is 5.33 Å². The lowest BCUT2D eigenvalue weighted by atomic mass is 10.1. The van der Waals surface area contributed by atoms with Crippen LogP contribution < -0.4 is 0 Å². The van der Waals surface area contributed by atoms with E-state index in [0.717, 1.165) is 11.9 Å². The number of rotatable bonds is 9. The normalized spacial score (nSPS) is 10.9. The second-order valence-electron chi connectivity index (χ2n) is 4.09. The number of hydrogen-bond donors (Lipinski definition) is 0. The Labute approximate surface area is 120 Å². The van der Waals surface area contributed by atoms with Gasteiger partial charge in [0.1, 0.15) is 0 Å². The summed E-state index contributed by atoms with van der Waals surface area (Å²) in [6.07, 6.45) is 13.5. The molecule has 0 radical (unpaired) electrons. The van der Waals surface area contributed by atoms with Crippen molar-refractivity contribution in [2.24, 2.45) is 0 Å². The molecule has 1 heterocycles. The van der Waals surface area contributed by atoms with Gasteiger partial charge >= 0.3 is 0 Å². The highest BCUT2D eigenvalue weighted by Crippen LogP contribution is 2.09. The summed E-state index contributed by atoms with van der Waals surface area (Å²) in [6, 6.07) is 0. The van der Waals surface area contributed by atoms with Crippen LogP contribution in [-0.2, 0) is 6.54 Å². The first-order valence-electron chi connectivity index (χ1n) is 6.07. The highest BCUT2D eigenvalue weighted by Gasteiger charge is 1.95. The van der Waals surface area contributed by atoms with Crippen molar-refractivity contribution >= 4 is 38.5 Å². The summed E-state index contributed by atoms with van der Waals surface area (Å²) in [6.45, 7) is 1.07. The molecule has 0 N–H and O–H groups in total. The smallest absolute Gasteiger partial charge is 0.0623 e. The quantitative estimate of drug-likeness (QED) is 0.337. The third kappa shape index (κ3) is 6.89. The zero-order chi connectivity index (χ0) is 11.6. The number of nitrogens with zero attached hydrogens (tertiary/aromatic N) is 2. The molecule has 92 valence electrons. The standard InChI is InChI=1S/C12H20BrIN2/c13-8-6-4-2-1-3-5-7-9-16-11-12(14)10-15-16/h10-11H,1-9H2. The molecule has 1 aromatic heterocycles. The van der Waals surface area contributed by atoms with E-state index in [1.165, 1.54) is 48.5 Å². The van der Waals surface area contributed by atoms with Gasteiger partial charge in [0.2, 0.25) is 0 Å². The van der Waals surface area contributed by atoms with Gasteiger partial charge in [0.05, 0.1) is 9.77 Å². The molecular formula is C12H20BrIN2. The zero-order valence-electron chi connectivity index (χ0n) is 9.67. The SMILES string of the molecule is BrCCCCCCCCCn1cc(I)cn1. The lowest BCUT2D eigenvalue weighted by molar-refractivity contribution is 0.523. The molecule has 4 heteroatoms. The van der Waals surface area contributed by atoms with Crippen molar-refractivity contribution in [1.29, 1.82) is 0 Å². The van der Waals surface area contributed by atoms with Gasteiger partial charge in [0.15, 0.2) is 0 Å². The summed E-state index contributed by atoms with van der Waals surface area (Å²) < 4.78 is 3.28. The minimum absolute atomic E-state index is 1.07. The maximum Gasteiger partial charge on any atom is 0.0623 e. The number of aryl methyl sites for hydroxylation is 1. The van der Waals surface area contributed by atoms with Crippen LogP contribution in [0.25, 0.3) is 0 Å². The van der Waals surface area contributed by atoms with E-state index in [9.17, 15) is 0 Å². The average molecular weight is 399 g/mol.